The molecule has 0 amide bonds. The Morgan fingerprint density at radius 2 is 2.13 bits per heavy atom. The summed E-state index contributed by atoms with van der Waals surface area (Å²) in [5, 5.41) is 0. The van der Waals surface area contributed by atoms with Crippen molar-refractivity contribution < 1.29 is 9.47 Å². The van der Waals surface area contributed by atoms with Crippen LogP contribution in [0.1, 0.15) is 18.1 Å². The van der Waals surface area contributed by atoms with E-state index in [1.54, 1.807) is 7.11 Å². The number of hydrogen-bond donors (Lipinski definition) is 1. The number of benzene rings is 1. The Hall–Kier alpha value is -1.06. The van der Waals surface area contributed by atoms with Crippen LogP contribution in [-0.4, -0.2) is 20.3 Å². The molecule has 0 aliphatic heterocycles. The second-order valence-corrected chi connectivity index (χ2v) is 3.32. The predicted octanol–water partition coefficient (Wildman–Crippen LogP) is 1.73. The van der Waals surface area contributed by atoms with E-state index >= 15 is 0 Å². The zero-order valence-electron chi connectivity index (χ0n) is 9.45. The maximum Gasteiger partial charge on any atom is 0.124 e. The maximum absolute atomic E-state index is 5.52. The summed E-state index contributed by atoms with van der Waals surface area (Å²) in [4.78, 5) is 0. The van der Waals surface area contributed by atoms with Crippen molar-refractivity contribution in [2.45, 2.75) is 20.0 Å². The number of nitrogens with two attached hydrogens (primary N) is 1. The molecule has 0 unspecified atom stereocenters. The molecule has 84 valence electrons. The van der Waals surface area contributed by atoms with Gasteiger partial charge in [-0.1, -0.05) is 6.07 Å². The zero-order valence-corrected chi connectivity index (χ0v) is 9.45. The maximum atomic E-state index is 5.52. The molecule has 0 bridgehead atoms. The van der Waals surface area contributed by atoms with Gasteiger partial charge in [0.15, 0.2) is 0 Å². The average molecular weight is 209 g/mol. The van der Waals surface area contributed by atoms with E-state index in [9.17, 15) is 0 Å². The molecule has 0 atom stereocenters. The van der Waals surface area contributed by atoms with E-state index in [0.717, 1.165) is 17.7 Å². The quantitative estimate of drug-likeness (QED) is 0.776. The lowest BCUT2D eigenvalue weighted by molar-refractivity contribution is 0.132. The van der Waals surface area contributed by atoms with Crippen molar-refractivity contribution in [3.63, 3.8) is 0 Å². The standard InChI is InChI=1S/C12H19NO2/c1-3-15-9-11-8-10(6-7-13)4-5-12(11)14-2/h4-5,8H,3,6-7,9,13H2,1-2H3. The van der Waals surface area contributed by atoms with Crippen LogP contribution in [-0.2, 0) is 17.8 Å². The molecule has 1 aromatic rings. The van der Waals surface area contributed by atoms with Crippen LogP contribution in [0.2, 0.25) is 0 Å². The number of rotatable bonds is 6. The van der Waals surface area contributed by atoms with Crippen molar-refractivity contribution in [2.24, 2.45) is 5.73 Å². The van der Waals surface area contributed by atoms with Gasteiger partial charge >= 0.3 is 0 Å². The molecule has 1 rings (SSSR count). The Kier molecular flexibility index (Phi) is 5.15. The minimum Gasteiger partial charge on any atom is -0.496 e. The van der Waals surface area contributed by atoms with Crippen LogP contribution in [0.25, 0.3) is 0 Å². The normalized spacial score (nSPS) is 10.3. The van der Waals surface area contributed by atoms with Crippen molar-refractivity contribution in [2.75, 3.05) is 20.3 Å². The van der Waals surface area contributed by atoms with Gasteiger partial charge in [-0.05, 0) is 37.6 Å². The summed E-state index contributed by atoms with van der Waals surface area (Å²) in [6.07, 6.45) is 0.892. The van der Waals surface area contributed by atoms with Gasteiger partial charge in [-0.25, -0.2) is 0 Å². The van der Waals surface area contributed by atoms with Crippen molar-refractivity contribution in [3.05, 3.63) is 29.3 Å². The molecule has 3 heteroatoms. The van der Waals surface area contributed by atoms with E-state index in [0.29, 0.717) is 19.8 Å². The van der Waals surface area contributed by atoms with Crippen molar-refractivity contribution >= 4 is 0 Å². The van der Waals surface area contributed by atoms with Crippen LogP contribution in [0.4, 0.5) is 0 Å². The number of methoxy groups -OCH3 is 1. The molecule has 0 radical (unpaired) electrons. The molecule has 0 heterocycles. The molecule has 2 N–H and O–H groups in total. The van der Waals surface area contributed by atoms with E-state index in [2.05, 4.69) is 6.07 Å². The van der Waals surface area contributed by atoms with E-state index in [1.165, 1.54) is 5.56 Å². The van der Waals surface area contributed by atoms with E-state index in [4.69, 9.17) is 15.2 Å². The van der Waals surface area contributed by atoms with Crippen molar-refractivity contribution in [3.8, 4) is 5.75 Å². The SMILES string of the molecule is CCOCc1cc(CCN)ccc1OC. The Morgan fingerprint density at radius 3 is 2.73 bits per heavy atom. The van der Waals surface area contributed by atoms with Crippen LogP contribution >= 0.6 is 0 Å². The largest absolute Gasteiger partial charge is 0.496 e. The topological polar surface area (TPSA) is 44.5 Å². The number of hydrogen-bond acceptors (Lipinski definition) is 3. The summed E-state index contributed by atoms with van der Waals surface area (Å²) >= 11 is 0. The Labute approximate surface area is 91.2 Å². The van der Waals surface area contributed by atoms with E-state index in [-0.39, 0.29) is 0 Å². The van der Waals surface area contributed by atoms with Crippen molar-refractivity contribution in [1.82, 2.24) is 0 Å². The second kappa shape index (κ2) is 6.43. The molecule has 3 nitrogen and oxygen atoms in total. The molecule has 0 spiro atoms. The van der Waals surface area contributed by atoms with Crippen LogP contribution in [0, 0.1) is 0 Å². The van der Waals surface area contributed by atoms with Gasteiger partial charge in [-0.15, -0.1) is 0 Å². The van der Waals surface area contributed by atoms with Crippen LogP contribution in [0.15, 0.2) is 18.2 Å². The Morgan fingerprint density at radius 1 is 1.33 bits per heavy atom. The fourth-order valence-corrected chi connectivity index (χ4v) is 1.48. The zero-order chi connectivity index (χ0) is 11.1. The first-order chi connectivity index (χ1) is 7.31. The lowest BCUT2D eigenvalue weighted by Gasteiger charge is -2.10. The molecule has 0 aromatic heterocycles. The molecule has 0 aliphatic carbocycles. The summed E-state index contributed by atoms with van der Waals surface area (Å²) in [5.74, 6) is 0.879. The van der Waals surface area contributed by atoms with E-state index < -0.39 is 0 Å². The Balaban J connectivity index is 2.81. The first-order valence-corrected chi connectivity index (χ1v) is 5.25. The minimum absolute atomic E-state index is 0.595. The van der Waals surface area contributed by atoms with Crippen LogP contribution < -0.4 is 10.5 Å². The van der Waals surface area contributed by atoms with Gasteiger partial charge in [0.05, 0.1) is 13.7 Å². The van der Waals surface area contributed by atoms with Gasteiger partial charge < -0.3 is 15.2 Å². The van der Waals surface area contributed by atoms with Crippen LogP contribution in [0.3, 0.4) is 0 Å². The summed E-state index contributed by atoms with van der Waals surface area (Å²) in [6, 6.07) is 6.11. The molecular weight excluding hydrogens is 190 g/mol. The highest BCUT2D eigenvalue weighted by molar-refractivity contribution is 5.37. The first-order valence-electron chi connectivity index (χ1n) is 5.25. The highest BCUT2D eigenvalue weighted by atomic mass is 16.5. The average Bonchev–Trinajstić information content (AvgIpc) is 2.27. The molecular formula is C12H19NO2. The molecule has 1 aromatic carbocycles. The lowest BCUT2D eigenvalue weighted by Crippen LogP contribution is -2.04. The summed E-state index contributed by atoms with van der Waals surface area (Å²) in [6.45, 7) is 3.96. The van der Waals surface area contributed by atoms with Gasteiger partial charge in [0, 0.05) is 12.2 Å². The summed E-state index contributed by atoms with van der Waals surface area (Å²) < 4.78 is 10.6. The van der Waals surface area contributed by atoms with Gasteiger partial charge in [-0.2, -0.15) is 0 Å². The molecule has 0 saturated heterocycles. The van der Waals surface area contributed by atoms with Crippen LogP contribution in [0.5, 0.6) is 5.75 Å². The predicted molar refractivity (Wildman–Crippen MR) is 61.1 cm³/mol. The number of ether oxygens (including phenoxy) is 2. The first kappa shape index (κ1) is 12.0. The van der Waals surface area contributed by atoms with Gasteiger partial charge in [0.25, 0.3) is 0 Å². The third-order valence-electron chi connectivity index (χ3n) is 2.24. The fourth-order valence-electron chi connectivity index (χ4n) is 1.48. The highest BCUT2D eigenvalue weighted by Gasteiger charge is 2.04. The van der Waals surface area contributed by atoms with Gasteiger partial charge in [0.2, 0.25) is 0 Å². The van der Waals surface area contributed by atoms with Crippen molar-refractivity contribution in [1.29, 1.82) is 0 Å². The minimum atomic E-state index is 0.595. The Bertz CT molecular complexity index is 300. The van der Waals surface area contributed by atoms with Gasteiger partial charge in [-0.3, -0.25) is 0 Å². The third kappa shape index (κ3) is 3.53. The monoisotopic (exact) mass is 209 g/mol. The molecule has 0 fully saturated rings. The molecule has 15 heavy (non-hydrogen) atoms. The summed E-state index contributed by atoms with van der Waals surface area (Å²) in [7, 11) is 1.67. The van der Waals surface area contributed by atoms with Gasteiger partial charge in [0.1, 0.15) is 5.75 Å². The molecule has 0 saturated carbocycles. The second-order valence-electron chi connectivity index (χ2n) is 3.32. The smallest absolute Gasteiger partial charge is 0.124 e. The lowest BCUT2D eigenvalue weighted by atomic mass is 10.1. The third-order valence-corrected chi connectivity index (χ3v) is 2.24. The molecule has 0 aliphatic rings. The highest BCUT2D eigenvalue weighted by Crippen LogP contribution is 2.20. The summed E-state index contributed by atoms with van der Waals surface area (Å²) in [5.41, 5.74) is 7.84. The fraction of sp³-hybridized carbons (Fsp3) is 0.500. The van der Waals surface area contributed by atoms with E-state index in [1.807, 2.05) is 19.1 Å².